The third kappa shape index (κ3) is 2.37. The second-order valence-corrected chi connectivity index (χ2v) is 5.77. The molecule has 0 spiro atoms. The van der Waals surface area contributed by atoms with Gasteiger partial charge in [-0.2, -0.15) is 0 Å². The van der Waals surface area contributed by atoms with Crippen LogP contribution >= 0.6 is 0 Å². The van der Waals surface area contributed by atoms with Crippen molar-refractivity contribution in [2.24, 2.45) is 14.1 Å². The first-order valence-electron chi connectivity index (χ1n) is 7.22. The van der Waals surface area contributed by atoms with Crippen LogP contribution in [0.4, 0.5) is 5.82 Å². The summed E-state index contributed by atoms with van der Waals surface area (Å²) in [5, 5.41) is 7.66. The molecular weight excluding hydrogens is 258 g/mol. The molecule has 0 amide bonds. The van der Waals surface area contributed by atoms with Crippen LogP contribution < -0.4 is 21.5 Å². The van der Waals surface area contributed by atoms with E-state index in [1.54, 1.807) is 7.05 Å². The van der Waals surface area contributed by atoms with Crippen LogP contribution in [0.5, 0.6) is 0 Å². The van der Waals surface area contributed by atoms with Crippen LogP contribution in [0.1, 0.15) is 25.7 Å². The average Bonchev–Trinajstić information content (AvgIpc) is 3.15. The van der Waals surface area contributed by atoms with Gasteiger partial charge in [-0.25, -0.2) is 9.48 Å². The fourth-order valence-corrected chi connectivity index (χ4v) is 2.81. The van der Waals surface area contributed by atoms with Gasteiger partial charge in [0.15, 0.2) is 0 Å². The van der Waals surface area contributed by atoms with Gasteiger partial charge in [-0.05, 0) is 32.2 Å². The monoisotopic (exact) mass is 279 g/mol. The summed E-state index contributed by atoms with van der Waals surface area (Å²) < 4.78 is 2.38. The second kappa shape index (κ2) is 5.05. The van der Waals surface area contributed by atoms with Crippen molar-refractivity contribution in [1.29, 1.82) is 0 Å². The number of nitrogens with zero attached hydrogens (tertiary/aromatic N) is 4. The van der Waals surface area contributed by atoms with Crippen LogP contribution in [-0.2, 0) is 14.1 Å². The van der Waals surface area contributed by atoms with Crippen molar-refractivity contribution in [3.8, 4) is 0 Å². The molecule has 1 aliphatic heterocycles. The Hall–Kier alpha value is -1.63. The zero-order chi connectivity index (χ0) is 14.3. The van der Waals surface area contributed by atoms with Crippen LogP contribution in [0, 0.1) is 0 Å². The number of aryl methyl sites for hydroxylation is 1. The van der Waals surface area contributed by atoms with E-state index in [0.29, 0.717) is 17.9 Å². The van der Waals surface area contributed by atoms with Gasteiger partial charge < -0.3 is 10.2 Å². The summed E-state index contributed by atoms with van der Waals surface area (Å²) >= 11 is 0. The van der Waals surface area contributed by atoms with Crippen LogP contribution in [0.2, 0.25) is 0 Å². The molecule has 7 nitrogen and oxygen atoms in total. The quantitative estimate of drug-likeness (QED) is 0.781. The fraction of sp³-hybridized carbons (Fsp3) is 0.769. The van der Waals surface area contributed by atoms with Gasteiger partial charge in [-0.3, -0.25) is 9.36 Å². The Morgan fingerprint density at radius 2 is 2.05 bits per heavy atom. The van der Waals surface area contributed by atoms with Gasteiger partial charge in [0.25, 0.3) is 5.56 Å². The second-order valence-electron chi connectivity index (χ2n) is 5.77. The van der Waals surface area contributed by atoms with Gasteiger partial charge in [0.05, 0.1) is 0 Å². The van der Waals surface area contributed by atoms with Gasteiger partial charge in [0.2, 0.25) is 5.82 Å². The summed E-state index contributed by atoms with van der Waals surface area (Å²) in [5.41, 5.74) is -0.675. The summed E-state index contributed by atoms with van der Waals surface area (Å²) in [6, 6.07) is 0.814. The highest BCUT2D eigenvalue weighted by atomic mass is 16.2. The van der Waals surface area contributed by atoms with Gasteiger partial charge in [0, 0.05) is 32.7 Å². The molecule has 1 aromatic rings. The predicted molar refractivity (Wildman–Crippen MR) is 76.1 cm³/mol. The van der Waals surface area contributed by atoms with Crippen molar-refractivity contribution >= 4 is 5.82 Å². The zero-order valence-electron chi connectivity index (χ0n) is 12.0. The van der Waals surface area contributed by atoms with E-state index >= 15 is 0 Å². The number of nitrogens with one attached hydrogen (secondary N) is 1. The van der Waals surface area contributed by atoms with Gasteiger partial charge in [0.1, 0.15) is 0 Å². The van der Waals surface area contributed by atoms with Crippen LogP contribution in [0.3, 0.4) is 0 Å². The molecule has 1 N–H and O–H groups in total. The van der Waals surface area contributed by atoms with Gasteiger partial charge >= 0.3 is 5.69 Å². The van der Waals surface area contributed by atoms with Crippen molar-refractivity contribution in [2.45, 2.75) is 37.8 Å². The molecule has 110 valence electrons. The average molecular weight is 279 g/mol. The van der Waals surface area contributed by atoms with E-state index in [2.05, 4.69) is 15.3 Å². The van der Waals surface area contributed by atoms with Crippen molar-refractivity contribution in [3.05, 3.63) is 20.8 Å². The molecule has 2 fully saturated rings. The third-order valence-electron chi connectivity index (χ3n) is 4.14. The van der Waals surface area contributed by atoms with E-state index in [9.17, 15) is 9.59 Å². The van der Waals surface area contributed by atoms with Crippen LogP contribution in [0.15, 0.2) is 9.59 Å². The molecule has 0 aromatic carbocycles. The summed E-state index contributed by atoms with van der Waals surface area (Å²) in [7, 11) is 3.10. The molecule has 3 rings (SSSR count). The Morgan fingerprint density at radius 1 is 1.30 bits per heavy atom. The fourth-order valence-electron chi connectivity index (χ4n) is 2.81. The Bertz CT molecular complexity index is 610. The summed E-state index contributed by atoms with van der Waals surface area (Å²) in [4.78, 5) is 26.1. The molecule has 0 radical (unpaired) electrons. The Morgan fingerprint density at radius 3 is 2.65 bits per heavy atom. The normalized spacial score (nSPS) is 22.2. The molecule has 1 unspecified atom stereocenters. The van der Waals surface area contributed by atoms with E-state index in [4.69, 9.17) is 0 Å². The molecule has 7 heteroatoms. The standard InChI is InChI=1S/C13H21N5O2/c1-16-12(19)11(15-17(2)13(16)20)18(10-5-6-10)8-9-4-3-7-14-9/h9-10,14H,3-8H2,1-2H3. The van der Waals surface area contributed by atoms with Crippen LogP contribution in [-0.4, -0.2) is 39.5 Å². The number of aromatic nitrogens is 3. The number of rotatable bonds is 4. The first kappa shape index (κ1) is 13.4. The Labute approximate surface area is 117 Å². The highest BCUT2D eigenvalue weighted by Gasteiger charge is 2.34. The molecule has 1 aromatic heterocycles. The van der Waals surface area contributed by atoms with Crippen LogP contribution in [0.25, 0.3) is 0 Å². The van der Waals surface area contributed by atoms with E-state index in [1.807, 2.05) is 0 Å². The first-order chi connectivity index (χ1) is 9.58. The number of hydrogen-bond acceptors (Lipinski definition) is 5. The molecule has 2 heterocycles. The smallest absolute Gasteiger partial charge is 0.346 e. The topological polar surface area (TPSA) is 72.2 Å². The first-order valence-corrected chi connectivity index (χ1v) is 7.22. The van der Waals surface area contributed by atoms with Gasteiger partial charge in [-0.1, -0.05) is 0 Å². The van der Waals surface area contributed by atoms with E-state index < -0.39 is 0 Å². The Balaban J connectivity index is 1.95. The van der Waals surface area contributed by atoms with Crippen molar-refractivity contribution in [2.75, 3.05) is 18.0 Å². The maximum absolute atomic E-state index is 12.3. The minimum Gasteiger partial charge on any atom is -0.346 e. The lowest BCUT2D eigenvalue weighted by Crippen LogP contribution is -2.47. The maximum atomic E-state index is 12.3. The highest BCUT2D eigenvalue weighted by Crippen LogP contribution is 2.29. The van der Waals surface area contributed by atoms with Crippen molar-refractivity contribution in [3.63, 3.8) is 0 Å². The molecule has 1 atom stereocenters. The number of hydrogen-bond donors (Lipinski definition) is 1. The van der Waals surface area contributed by atoms with E-state index in [0.717, 1.165) is 36.9 Å². The molecule has 1 saturated carbocycles. The lowest BCUT2D eigenvalue weighted by atomic mass is 10.2. The minimum absolute atomic E-state index is 0.294. The molecule has 1 saturated heterocycles. The zero-order valence-corrected chi connectivity index (χ0v) is 12.0. The highest BCUT2D eigenvalue weighted by molar-refractivity contribution is 5.39. The molecule has 20 heavy (non-hydrogen) atoms. The minimum atomic E-state index is -0.381. The van der Waals surface area contributed by atoms with Crippen molar-refractivity contribution < 1.29 is 0 Å². The summed E-state index contributed by atoms with van der Waals surface area (Å²) in [6.07, 6.45) is 4.51. The Kier molecular flexibility index (Phi) is 3.37. The van der Waals surface area contributed by atoms with E-state index in [-0.39, 0.29) is 11.2 Å². The third-order valence-corrected chi connectivity index (χ3v) is 4.14. The largest absolute Gasteiger partial charge is 0.346 e. The molecule has 1 aliphatic carbocycles. The maximum Gasteiger partial charge on any atom is 0.346 e. The lowest BCUT2D eigenvalue weighted by molar-refractivity contribution is 0.547. The summed E-state index contributed by atoms with van der Waals surface area (Å²) in [6.45, 7) is 1.84. The summed E-state index contributed by atoms with van der Waals surface area (Å²) in [5.74, 6) is 0.408. The molecule has 2 aliphatic rings. The SMILES string of the molecule is Cn1nc(N(CC2CCCN2)C2CC2)c(=O)n(C)c1=O. The molecular formula is C13H21N5O2. The van der Waals surface area contributed by atoms with Gasteiger partial charge in [-0.15, -0.1) is 5.10 Å². The van der Waals surface area contributed by atoms with E-state index in [1.165, 1.54) is 18.2 Å². The lowest BCUT2D eigenvalue weighted by Gasteiger charge is -2.26. The van der Waals surface area contributed by atoms with Crippen molar-refractivity contribution in [1.82, 2.24) is 19.7 Å². The number of anilines is 1. The predicted octanol–water partition coefficient (Wildman–Crippen LogP) is -0.800. The molecule has 0 bridgehead atoms.